The molecule has 0 radical (unpaired) electrons. The molecule has 0 aliphatic carbocycles. The molecule has 0 saturated carbocycles. The Bertz CT molecular complexity index is 825. The number of rotatable bonds is 1. The molecule has 1 fully saturated rings. The predicted molar refractivity (Wildman–Crippen MR) is 80.4 cm³/mol. The van der Waals surface area contributed by atoms with Gasteiger partial charge in [-0.1, -0.05) is 12.1 Å². The van der Waals surface area contributed by atoms with Crippen molar-refractivity contribution in [2.45, 2.75) is 19.3 Å². The molecule has 4 nitrogen and oxygen atoms in total. The molecule has 1 N–H and O–H groups in total. The van der Waals surface area contributed by atoms with E-state index in [9.17, 15) is 4.79 Å². The van der Waals surface area contributed by atoms with Crippen molar-refractivity contribution in [1.82, 2.24) is 4.98 Å². The van der Waals surface area contributed by atoms with Crippen molar-refractivity contribution in [2.24, 2.45) is 0 Å². The second-order valence-corrected chi connectivity index (χ2v) is 5.36. The maximum Gasteiger partial charge on any atom is 0.292 e. The molecular formula is C16H16N2O2. The van der Waals surface area contributed by atoms with E-state index in [0.29, 0.717) is 5.58 Å². The van der Waals surface area contributed by atoms with E-state index in [1.165, 1.54) is 19.3 Å². The Morgan fingerprint density at radius 3 is 2.75 bits per heavy atom. The van der Waals surface area contributed by atoms with E-state index in [0.717, 1.165) is 35.1 Å². The molecule has 4 heteroatoms. The Morgan fingerprint density at radius 2 is 1.90 bits per heavy atom. The molecule has 1 aromatic carbocycles. The lowest BCUT2D eigenvalue weighted by atomic mass is 10.1. The van der Waals surface area contributed by atoms with Crippen molar-refractivity contribution >= 4 is 27.6 Å². The third-order valence-corrected chi connectivity index (χ3v) is 4.14. The van der Waals surface area contributed by atoms with Crippen molar-refractivity contribution in [3.63, 3.8) is 0 Å². The summed E-state index contributed by atoms with van der Waals surface area (Å²) in [6.45, 7) is 2.12. The Balaban J connectivity index is 2.02. The van der Waals surface area contributed by atoms with Crippen LogP contribution in [0.2, 0.25) is 0 Å². The second-order valence-electron chi connectivity index (χ2n) is 5.36. The molecule has 20 heavy (non-hydrogen) atoms. The molecule has 3 aromatic rings. The summed E-state index contributed by atoms with van der Waals surface area (Å²) in [5.41, 5.74) is 2.31. The van der Waals surface area contributed by atoms with Gasteiger partial charge in [-0.2, -0.15) is 0 Å². The minimum absolute atomic E-state index is 0.151. The molecule has 2 aromatic heterocycles. The fraction of sp³-hybridized carbons (Fsp3) is 0.312. The highest BCUT2D eigenvalue weighted by Crippen LogP contribution is 2.30. The number of hydrogen-bond donors (Lipinski definition) is 1. The maximum absolute atomic E-state index is 12.1. The van der Waals surface area contributed by atoms with Gasteiger partial charge in [-0.25, -0.2) is 0 Å². The number of piperidine rings is 1. The fourth-order valence-corrected chi connectivity index (χ4v) is 3.16. The Labute approximate surface area is 116 Å². The molecule has 0 amide bonds. The van der Waals surface area contributed by atoms with E-state index in [1.807, 2.05) is 12.1 Å². The van der Waals surface area contributed by atoms with Gasteiger partial charge in [0.05, 0.1) is 17.5 Å². The van der Waals surface area contributed by atoms with Crippen molar-refractivity contribution in [2.75, 3.05) is 18.0 Å². The van der Waals surface area contributed by atoms with Crippen LogP contribution in [0.5, 0.6) is 0 Å². The van der Waals surface area contributed by atoms with Gasteiger partial charge < -0.3 is 14.3 Å². The number of aromatic amines is 1. The Kier molecular flexibility index (Phi) is 2.55. The molecule has 0 spiro atoms. The number of benzene rings is 1. The zero-order valence-corrected chi connectivity index (χ0v) is 11.2. The van der Waals surface area contributed by atoms with E-state index in [2.05, 4.69) is 22.0 Å². The lowest BCUT2D eigenvalue weighted by Crippen LogP contribution is -2.29. The second kappa shape index (κ2) is 4.40. The van der Waals surface area contributed by atoms with Gasteiger partial charge in [-0.05, 0) is 31.4 Å². The number of para-hydroxylation sites is 1. The molecular weight excluding hydrogens is 252 g/mol. The third-order valence-electron chi connectivity index (χ3n) is 4.14. The standard InChI is InChI=1S/C16H16N2O2/c19-16-15-12(7-10-20-15)11-5-4-6-13(14(11)17-16)18-8-2-1-3-9-18/h4-7,10H,1-3,8-9H2,(H,17,19). The number of nitrogens with zero attached hydrogens (tertiary/aromatic N) is 1. The van der Waals surface area contributed by atoms with Crippen LogP contribution >= 0.6 is 0 Å². The molecule has 1 saturated heterocycles. The molecule has 0 atom stereocenters. The number of pyridine rings is 1. The topological polar surface area (TPSA) is 49.2 Å². The van der Waals surface area contributed by atoms with Crippen LogP contribution in [0.4, 0.5) is 5.69 Å². The van der Waals surface area contributed by atoms with Crippen LogP contribution < -0.4 is 10.5 Å². The van der Waals surface area contributed by atoms with Crippen molar-refractivity contribution in [1.29, 1.82) is 0 Å². The number of H-pyrrole nitrogens is 1. The molecule has 3 heterocycles. The monoisotopic (exact) mass is 268 g/mol. The maximum atomic E-state index is 12.1. The summed E-state index contributed by atoms with van der Waals surface area (Å²) >= 11 is 0. The van der Waals surface area contributed by atoms with Gasteiger partial charge in [-0.15, -0.1) is 0 Å². The van der Waals surface area contributed by atoms with E-state index < -0.39 is 0 Å². The average molecular weight is 268 g/mol. The number of anilines is 1. The zero-order valence-electron chi connectivity index (χ0n) is 11.2. The summed E-state index contributed by atoms with van der Waals surface area (Å²) < 4.78 is 5.28. The SMILES string of the molecule is O=c1[nH]c2c(N3CCCCC3)cccc2c2ccoc12. The lowest BCUT2D eigenvalue weighted by molar-refractivity contribution is 0.578. The summed E-state index contributed by atoms with van der Waals surface area (Å²) in [7, 11) is 0. The molecule has 1 aliphatic rings. The van der Waals surface area contributed by atoms with E-state index in [-0.39, 0.29) is 5.56 Å². The highest BCUT2D eigenvalue weighted by atomic mass is 16.3. The van der Waals surface area contributed by atoms with Gasteiger partial charge in [0.1, 0.15) is 0 Å². The van der Waals surface area contributed by atoms with Gasteiger partial charge in [0.25, 0.3) is 5.56 Å². The van der Waals surface area contributed by atoms with Crippen LogP contribution in [0, 0.1) is 0 Å². The number of fused-ring (bicyclic) bond motifs is 3. The van der Waals surface area contributed by atoms with Crippen LogP contribution in [0.1, 0.15) is 19.3 Å². The molecule has 0 bridgehead atoms. The van der Waals surface area contributed by atoms with Crippen LogP contribution in [0.15, 0.2) is 39.7 Å². The minimum Gasteiger partial charge on any atom is -0.459 e. The van der Waals surface area contributed by atoms with E-state index in [1.54, 1.807) is 6.26 Å². The number of furan rings is 1. The van der Waals surface area contributed by atoms with Crippen LogP contribution in [0.25, 0.3) is 21.9 Å². The van der Waals surface area contributed by atoms with Gasteiger partial charge in [-0.3, -0.25) is 4.79 Å². The van der Waals surface area contributed by atoms with E-state index in [4.69, 9.17) is 4.42 Å². The fourth-order valence-electron chi connectivity index (χ4n) is 3.16. The number of hydrogen-bond acceptors (Lipinski definition) is 3. The van der Waals surface area contributed by atoms with Crippen molar-refractivity contribution < 1.29 is 4.42 Å². The Morgan fingerprint density at radius 1 is 1.05 bits per heavy atom. The van der Waals surface area contributed by atoms with Crippen molar-refractivity contribution in [3.05, 3.63) is 40.9 Å². The van der Waals surface area contributed by atoms with Gasteiger partial charge in [0.15, 0.2) is 5.58 Å². The minimum atomic E-state index is -0.151. The first-order valence-corrected chi connectivity index (χ1v) is 7.12. The first-order valence-electron chi connectivity index (χ1n) is 7.12. The number of nitrogens with one attached hydrogen (secondary N) is 1. The summed E-state index contributed by atoms with van der Waals surface area (Å²) in [6, 6.07) is 8.05. The van der Waals surface area contributed by atoms with Crippen LogP contribution in [-0.2, 0) is 0 Å². The van der Waals surface area contributed by atoms with Gasteiger partial charge >= 0.3 is 0 Å². The first kappa shape index (κ1) is 11.6. The van der Waals surface area contributed by atoms with E-state index >= 15 is 0 Å². The number of aromatic nitrogens is 1. The molecule has 0 unspecified atom stereocenters. The van der Waals surface area contributed by atoms with Crippen LogP contribution in [0.3, 0.4) is 0 Å². The Hall–Kier alpha value is -2.23. The summed E-state index contributed by atoms with van der Waals surface area (Å²) in [6.07, 6.45) is 5.31. The molecule has 102 valence electrons. The summed E-state index contributed by atoms with van der Waals surface area (Å²) in [4.78, 5) is 17.5. The lowest BCUT2D eigenvalue weighted by Gasteiger charge is -2.29. The quantitative estimate of drug-likeness (QED) is 0.737. The summed E-state index contributed by atoms with van der Waals surface area (Å²) in [5, 5.41) is 1.94. The van der Waals surface area contributed by atoms with Gasteiger partial charge in [0.2, 0.25) is 0 Å². The predicted octanol–water partition coefficient (Wildman–Crippen LogP) is 3.26. The highest BCUT2D eigenvalue weighted by Gasteiger charge is 2.16. The average Bonchev–Trinajstić information content (AvgIpc) is 2.98. The van der Waals surface area contributed by atoms with Crippen LogP contribution in [-0.4, -0.2) is 18.1 Å². The first-order chi connectivity index (χ1) is 9.84. The summed E-state index contributed by atoms with van der Waals surface area (Å²) in [5.74, 6) is 0. The van der Waals surface area contributed by atoms with Crippen molar-refractivity contribution in [3.8, 4) is 0 Å². The molecule has 4 rings (SSSR count). The normalized spacial score (nSPS) is 16.1. The smallest absolute Gasteiger partial charge is 0.292 e. The largest absolute Gasteiger partial charge is 0.459 e. The zero-order chi connectivity index (χ0) is 13.5. The highest BCUT2D eigenvalue weighted by molar-refractivity contribution is 6.07. The molecule has 1 aliphatic heterocycles. The third kappa shape index (κ3) is 1.64. The van der Waals surface area contributed by atoms with Gasteiger partial charge in [0, 0.05) is 23.9 Å².